The quantitative estimate of drug-likeness (QED) is 0.194. The first-order valence-electron chi connectivity index (χ1n) is 17.5. The molecular formula is C38H66O3. The Morgan fingerprint density at radius 1 is 0.951 bits per heavy atom. The summed E-state index contributed by atoms with van der Waals surface area (Å²) in [5.41, 5.74) is 1.58. The minimum atomic E-state index is -0.549. The SMILES string of the molecule is CC(C)CCC[C@@H](C)[C@H]1CCC2C3CC=C4C[C@@H](OC(C)CC(C)(C)C(=O)OC(C)(C)C)CC[C@]4(C)C3CC[C@@]21C. The standard InChI is InChI=1S/C38H66O3/c1-25(2)13-12-14-26(3)31-17-18-32-30-16-15-28-23-29(19-21-37(28,10)33(30)20-22-38(31,32)11)40-27(4)24-36(8,9)34(39)41-35(5,6)7/h15,25-27,29-33H,12-14,16-24H2,1-11H3/t26-,27?,29+,30?,31-,32?,33?,37+,38-/m1/s1. The highest BCUT2D eigenvalue weighted by Gasteiger charge is 2.59. The van der Waals surface area contributed by atoms with Gasteiger partial charge in [0.2, 0.25) is 0 Å². The molecule has 3 nitrogen and oxygen atoms in total. The summed E-state index contributed by atoms with van der Waals surface area (Å²) in [7, 11) is 0. The minimum absolute atomic E-state index is 0.0390. The predicted octanol–water partition coefficient (Wildman–Crippen LogP) is 10.6. The van der Waals surface area contributed by atoms with Crippen LogP contribution in [0.2, 0.25) is 0 Å². The molecule has 3 saturated carbocycles. The van der Waals surface area contributed by atoms with Gasteiger partial charge < -0.3 is 9.47 Å². The Labute approximate surface area is 254 Å². The fourth-order valence-corrected chi connectivity index (χ4v) is 10.4. The molecule has 0 amide bonds. The number of allylic oxidation sites excluding steroid dienone is 1. The van der Waals surface area contributed by atoms with Gasteiger partial charge in [0.05, 0.1) is 17.6 Å². The van der Waals surface area contributed by atoms with Crippen LogP contribution in [0.15, 0.2) is 11.6 Å². The van der Waals surface area contributed by atoms with Crippen molar-refractivity contribution in [3.05, 3.63) is 11.6 Å². The molecule has 0 saturated heterocycles. The van der Waals surface area contributed by atoms with Gasteiger partial charge in [-0.3, -0.25) is 4.79 Å². The number of carbonyl (C=O) groups is 1. The fraction of sp³-hybridized carbons (Fsp3) is 0.921. The monoisotopic (exact) mass is 571 g/mol. The molecule has 9 atom stereocenters. The number of carbonyl (C=O) groups excluding carboxylic acids is 1. The van der Waals surface area contributed by atoms with E-state index >= 15 is 0 Å². The van der Waals surface area contributed by atoms with Crippen molar-refractivity contribution in [2.24, 2.45) is 51.8 Å². The summed E-state index contributed by atoms with van der Waals surface area (Å²) in [5.74, 6) is 5.15. The average Bonchev–Trinajstić information content (AvgIpc) is 3.20. The van der Waals surface area contributed by atoms with Crippen LogP contribution in [0, 0.1) is 51.8 Å². The van der Waals surface area contributed by atoms with Crippen LogP contribution in [0.1, 0.15) is 153 Å². The van der Waals surface area contributed by atoms with E-state index in [9.17, 15) is 4.79 Å². The number of ether oxygens (including phenoxy) is 2. The largest absolute Gasteiger partial charge is 0.460 e. The second-order valence-corrected chi connectivity index (χ2v) is 17.7. The summed E-state index contributed by atoms with van der Waals surface area (Å²) >= 11 is 0. The molecule has 0 spiro atoms. The van der Waals surface area contributed by atoms with E-state index in [1.165, 1.54) is 57.8 Å². The van der Waals surface area contributed by atoms with Gasteiger partial charge >= 0.3 is 5.97 Å². The summed E-state index contributed by atoms with van der Waals surface area (Å²) in [6.45, 7) is 24.6. The normalized spacial score (nSPS) is 37.1. The lowest BCUT2D eigenvalue weighted by molar-refractivity contribution is -0.168. The first-order chi connectivity index (χ1) is 19.0. The zero-order valence-electron chi connectivity index (χ0n) is 28.9. The highest BCUT2D eigenvalue weighted by molar-refractivity contribution is 5.76. The van der Waals surface area contributed by atoms with Crippen LogP contribution in [-0.2, 0) is 14.3 Å². The van der Waals surface area contributed by atoms with Gasteiger partial charge in [0.15, 0.2) is 0 Å². The number of hydrogen-bond acceptors (Lipinski definition) is 3. The third-order valence-corrected chi connectivity index (χ3v) is 12.4. The van der Waals surface area contributed by atoms with Crippen molar-refractivity contribution in [3.63, 3.8) is 0 Å². The Bertz CT molecular complexity index is 940. The zero-order valence-corrected chi connectivity index (χ0v) is 28.9. The molecule has 0 aromatic heterocycles. The van der Waals surface area contributed by atoms with Crippen LogP contribution in [0.5, 0.6) is 0 Å². The number of fused-ring (bicyclic) bond motifs is 5. The number of hydrogen-bond donors (Lipinski definition) is 0. The summed E-state index contributed by atoms with van der Waals surface area (Å²) < 4.78 is 12.4. The van der Waals surface area contributed by atoms with Gasteiger partial charge in [-0.15, -0.1) is 0 Å². The molecule has 0 aromatic carbocycles. The second-order valence-electron chi connectivity index (χ2n) is 17.7. The van der Waals surface area contributed by atoms with Gasteiger partial charge in [-0.2, -0.15) is 0 Å². The van der Waals surface area contributed by atoms with Gasteiger partial charge in [0, 0.05) is 0 Å². The first-order valence-corrected chi connectivity index (χ1v) is 17.5. The van der Waals surface area contributed by atoms with Crippen LogP contribution in [0.3, 0.4) is 0 Å². The van der Waals surface area contributed by atoms with Crippen LogP contribution in [0.4, 0.5) is 0 Å². The summed E-state index contributed by atoms with van der Waals surface area (Å²) in [6, 6.07) is 0. The third kappa shape index (κ3) is 7.12. The zero-order chi connectivity index (χ0) is 30.4. The van der Waals surface area contributed by atoms with E-state index in [4.69, 9.17) is 9.47 Å². The molecule has 4 unspecified atom stereocenters. The lowest BCUT2D eigenvalue weighted by Gasteiger charge is -2.58. The highest BCUT2D eigenvalue weighted by atomic mass is 16.6. The summed E-state index contributed by atoms with van der Waals surface area (Å²) in [6.07, 6.45) is 18.5. The molecule has 4 aliphatic rings. The molecule has 3 fully saturated rings. The summed E-state index contributed by atoms with van der Waals surface area (Å²) in [4.78, 5) is 12.8. The van der Waals surface area contributed by atoms with Crippen LogP contribution < -0.4 is 0 Å². The van der Waals surface area contributed by atoms with Gasteiger partial charge in [0.1, 0.15) is 5.60 Å². The topological polar surface area (TPSA) is 35.5 Å². The molecule has 0 aliphatic heterocycles. The Balaban J connectivity index is 1.37. The predicted molar refractivity (Wildman–Crippen MR) is 172 cm³/mol. The van der Waals surface area contributed by atoms with E-state index in [1.54, 1.807) is 5.57 Å². The number of rotatable bonds is 10. The lowest BCUT2D eigenvalue weighted by atomic mass is 9.47. The fourth-order valence-electron chi connectivity index (χ4n) is 10.4. The molecule has 0 bridgehead atoms. The maximum absolute atomic E-state index is 12.8. The first kappa shape index (κ1) is 33.1. The van der Waals surface area contributed by atoms with Gasteiger partial charge in [-0.05, 0) is 146 Å². The van der Waals surface area contributed by atoms with E-state index in [2.05, 4.69) is 47.6 Å². The average molecular weight is 571 g/mol. The van der Waals surface area contributed by atoms with Crippen molar-refractivity contribution < 1.29 is 14.3 Å². The minimum Gasteiger partial charge on any atom is -0.460 e. The molecule has 4 aliphatic carbocycles. The molecular weight excluding hydrogens is 504 g/mol. The molecule has 3 heteroatoms. The Hall–Kier alpha value is -0.830. The molecule has 4 rings (SSSR count). The van der Waals surface area contributed by atoms with Crippen LogP contribution in [0.25, 0.3) is 0 Å². The smallest absolute Gasteiger partial charge is 0.312 e. The molecule has 0 radical (unpaired) electrons. The maximum Gasteiger partial charge on any atom is 0.312 e. The lowest BCUT2D eigenvalue weighted by Crippen LogP contribution is -2.51. The Morgan fingerprint density at radius 2 is 1.66 bits per heavy atom. The third-order valence-electron chi connectivity index (χ3n) is 12.4. The van der Waals surface area contributed by atoms with E-state index in [0.29, 0.717) is 17.3 Å². The molecule has 236 valence electrons. The summed E-state index contributed by atoms with van der Waals surface area (Å²) in [5, 5.41) is 0. The van der Waals surface area contributed by atoms with Crippen molar-refractivity contribution >= 4 is 5.97 Å². The van der Waals surface area contributed by atoms with E-state index in [-0.39, 0.29) is 18.2 Å². The van der Waals surface area contributed by atoms with E-state index in [0.717, 1.165) is 48.3 Å². The van der Waals surface area contributed by atoms with Crippen LogP contribution in [-0.4, -0.2) is 23.8 Å². The second kappa shape index (κ2) is 12.3. The number of esters is 1. The van der Waals surface area contributed by atoms with Crippen LogP contribution >= 0.6 is 0 Å². The Morgan fingerprint density at radius 3 is 2.32 bits per heavy atom. The maximum atomic E-state index is 12.8. The van der Waals surface area contributed by atoms with E-state index in [1.807, 2.05) is 34.6 Å². The van der Waals surface area contributed by atoms with Gasteiger partial charge in [-0.25, -0.2) is 0 Å². The van der Waals surface area contributed by atoms with Crippen molar-refractivity contribution in [1.82, 2.24) is 0 Å². The van der Waals surface area contributed by atoms with Crippen molar-refractivity contribution in [3.8, 4) is 0 Å². The van der Waals surface area contributed by atoms with Crippen molar-refractivity contribution in [2.75, 3.05) is 0 Å². The van der Waals surface area contributed by atoms with Gasteiger partial charge in [0.25, 0.3) is 0 Å². The molecule has 0 heterocycles. The highest BCUT2D eigenvalue weighted by Crippen LogP contribution is 2.67. The molecule has 0 aromatic rings. The Kier molecular flexibility index (Phi) is 9.91. The van der Waals surface area contributed by atoms with E-state index < -0.39 is 11.0 Å². The van der Waals surface area contributed by atoms with Crippen molar-refractivity contribution in [1.29, 1.82) is 0 Å². The molecule has 41 heavy (non-hydrogen) atoms. The van der Waals surface area contributed by atoms with Crippen molar-refractivity contribution in [2.45, 2.75) is 171 Å². The van der Waals surface area contributed by atoms with Gasteiger partial charge in [-0.1, -0.05) is 65.5 Å². The molecule has 0 N–H and O–H groups in total.